The molecule has 0 saturated heterocycles. The van der Waals surface area contributed by atoms with Crippen molar-refractivity contribution in [3.63, 3.8) is 0 Å². The first kappa shape index (κ1) is 12.7. The first-order valence-corrected chi connectivity index (χ1v) is 8.92. The highest BCUT2D eigenvalue weighted by Gasteiger charge is 2.57. The lowest BCUT2D eigenvalue weighted by Crippen LogP contribution is -2.60. The van der Waals surface area contributed by atoms with E-state index in [1.807, 2.05) is 0 Å². The molecule has 108 valence electrons. The van der Waals surface area contributed by atoms with E-state index >= 15 is 0 Å². The second-order valence-corrected chi connectivity index (χ2v) is 8.66. The molecule has 5 fully saturated rings. The van der Waals surface area contributed by atoms with Crippen LogP contribution in [0.1, 0.15) is 71.6 Å². The topological polar surface area (TPSA) is 12.0 Å². The van der Waals surface area contributed by atoms with Crippen LogP contribution in [0.25, 0.3) is 0 Å². The molecule has 1 heteroatoms. The van der Waals surface area contributed by atoms with Crippen molar-refractivity contribution in [2.45, 2.75) is 83.7 Å². The fourth-order valence-electron chi connectivity index (χ4n) is 6.78. The minimum absolute atomic E-state index is 0.671. The fourth-order valence-corrected chi connectivity index (χ4v) is 6.78. The van der Waals surface area contributed by atoms with Gasteiger partial charge in [0.25, 0.3) is 0 Å². The summed E-state index contributed by atoms with van der Waals surface area (Å²) in [4.78, 5) is 0. The summed E-state index contributed by atoms with van der Waals surface area (Å²) in [7, 11) is 0. The molecule has 2 atom stereocenters. The molecule has 0 aliphatic heterocycles. The maximum absolute atomic E-state index is 3.93. The van der Waals surface area contributed by atoms with Crippen LogP contribution in [0.2, 0.25) is 0 Å². The molecule has 4 bridgehead atoms. The normalized spacial score (nSPS) is 49.4. The van der Waals surface area contributed by atoms with Crippen molar-refractivity contribution in [3.05, 3.63) is 0 Å². The lowest BCUT2D eigenvalue weighted by molar-refractivity contribution is -0.106. The average molecular weight is 261 g/mol. The Morgan fingerprint density at radius 3 is 2.16 bits per heavy atom. The van der Waals surface area contributed by atoms with E-state index in [0.717, 1.165) is 35.1 Å². The summed E-state index contributed by atoms with van der Waals surface area (Å²) in [5, 5.41) is 3.93. The van der Waals surface area contributed by atoms with Crippen LogP contribution in [0.4, 0.5) is 0 Å². The van der Waals surface area contributed by atoms with E-state index in [9.17, 15) is 0 Å². The van der Waals surface area contributed by atoms with E-state index in [2.05, 4.69) is 19.2 Å². The first-order chi connectivity index (χ1) is 9.16. The van der Waals surface area contributed by atoms with Crippen LogP contribution in [0.3, 0.4) is 0 Å². The van der Waals surface area contributed by atoms with Crippen LogP contribution in [-0.2, 0) is 0 Å². The molecule has 5 aliphatic carbocycles. The van der Waals surface area contributed by atoms with Crippen molar-refractivity contribution < 1.29 is 0 Å². The molecular formula is C18H31N. The second-order valence-electron chi connectivity index (χ2n) is 8.66. The van der Waals surface area contributed by atoms with Gasteiger partial charge >= 0.3 is 0 Å². The third-order valence-electron chi connectivity index (χ3n) is 7.07. The van der Waals surface area contributed by atoms with E-state index in [-0.39, 0.29) is 0 Å². The van der Waals surface area contributed by atoms with Gasteiger partial charge in [-0.05, 0) is 74.0 Å². The Morgan fingerprint density at radius 1 is 0.947 bits per heavy atom. The van der Waals surface area contributed by atoms with Gasteiger partial charge in [-0.3, -0.25) is 0 Å². The summed E-state index contributed by atoms with van der Waals surface area (Å²) in [6, 6.07) is 1.54. The van der Waals surface area contributed by atoms with Gasteiger partial charge in [-0.25, -0.2) is 0 Å². The zero-order valence-corrected chi connectivity index (χ0v) is 12.8. The summed E-state index contributed by atoms with van der Waals surface area (Å²) >= 11 is 0. The Kier molecular flexibility index (Phi) is 2.99. The Balaban J connectivity index is 1.56. The third kappa shape index (κ3) is 1.99. The van der Waals surface area contributed by atoms with E-state index in [0.29, 0.717) is 6.04 Å². The molecule has 1 nitrogen and oxygen atoms in total. The second kappa shape index (κ2) is 4.48. The van der Waals surface area contributed by atoms with Gasteiger partial charge in [0, 0.05) is 12.1 Å². The van der Waals surface area contributed by atoms with Crippen LogP contribution in [0.5, 0.6) is 0 Å². The van der Waals surface area contributed by atoms with Crippen LogP contribution in [0, 0.1) is 29.1 Å². The van der Waals surface area contributed by atoms with E-state index < -0.39 is 0 Å². The summed E-state index contributed by atoms with van der Waals surface area (Å²) < 4.78 is 0. The molecule has 0 aromatic carbocycles. The molecule has 5 saturated carbocycles. The molecule has 0 radical (unpaired) electrons. The Labute approximate surface area is 118 Å². The maximum atomic E-state index is 3.93. The minimum Gasteiger partial charge on any atom is -0.311 e. The van der Waals surface area contributed by atoms with Crippen LogP contribution < -0.4 is 5.32 Å². The highest BCUT2D eigenvalue weighted by Crippen LogP contribution is 2.64. The van der Waals surface area contributed by atoms with Crippen molar-refractivity contribution in [3.8, 4) is 0 Å². The summed E-state index contributed by atoms with van der Waals surface area (Å²) in [5.74, 6) is 4.26. The van der Waals surface area contributed by atoms with Gasteiger partial charge in [0.15, 0.2) is 0 Å². The maximum Gasteiger partial charge on any atom is 0.0127 e. The summed E-state index contributed by atoms with van der Waals surface area (Å²) in [6.07, 6.45) is 14.1. The highest BCUT2D eigenvalue weighted by molar-refractivity contribution is 5.09. The smallest absolute Gasteiger partial charge is 0.0127 e. The molecule has 0 aromatic heterocycles. The molecule has 0 amide bonds. The van der Waals surface area contributed by atoms with Crippen molar-refractivity contribution in [2.75, 3.05) is 0 Å². The largest absolute Gasteiger partial charge is 0.311 e. The zero-order valence-electron chi connectivity index (χ0n) is 12.8. The van der Waals surface area contributed by atoms with Gasteiger partial charge < -0.3 is 5.32 Å². The van der Waals surface area contributed by atoms with Crippen molar-refractivity contribution in [1.82, 2.24) is 5.32 Å². The van der Waals surface area contributed by atoms with Gasteiger partial charge in [-0.1, -0.05) is 26.7 Å². The van der Waals surface area contributed by atoms with Gasteiger partial charge in [-0.15, -0.1) is 0 Å². The van der Waals surface area contributed by atoms with Crippen LogP contribution in [0.15, 0.2) is 0 Å². The molecule has 5 aliphatic rings. The number of hydrogen-bond donors (Lipinski definition) is 1. The quantitative estimate of drug-likeness (QED) is 0.795. The van der Waals surface area contributed by atoms with Crippen LogP contribution in [-0.4, -0.2) is 12.1 Å². The average Bonchev–Trinajstić information content (AvgIpc) is 2.87. The van der Waals surface area contributed by atoms with E-state index in [1.54, 1.807) is 44.9 Å². The predicted molar refractivity (Wildman–Crippen MR) is 80.0 cm³/mol. The van der Waals surface area contributed by atoms with Gasteiger partial charge in [0.1, 0.15) is 0 Å². The molecule has 5 rings (SSSR count). The lowest BCUT2D eigenvalue weighted by Gasteiger charge is -2.62. The zero-order chi connectivity index (χ0) is 13.0. The number of rotatable bonds is 3. The van der Waals surface area contributed by atoms with Crippen molar-refractivity contribution in [2.24, 2.45) is 29.1 Å². The SMILES string of the molecule is CC(C)NC1C2CC3CC1CC(C1CCCC1)(C3)C2. The summed E-state index contributed by atoms with van der Waals surface area (Å²) in [6.45, 7) is 4.66. The van der Waals surface area contributed by atoms with E-state index in [4.69, 9.17) is 0 Å². The monoisotopic (exact) mass is 261 g/mol. The van der Waals surface area contributed by atoms with Crippen molar-refractivity contribution >= 4 is 0 Å². The molecule has 0 spiro atoms. The molecule has 1 N–H and O–H groups in total. The van der Waals surface area contributed by atoms with Crippen molar-refractivity contribution in [1.29, 1.82) is 0 Å². The predicted octanol–water partition coefficient (Wildman–Crippen LogP) is 4.37. The van der Waals surface area contributed by atoms with Gasteiger partial charge in [-0.2, -0.15) is 0 Å². The molecule has 0 heterocycles. The molecular weight excluding hydrogens is 230 g/mol. The third-order valence-corrected chi connectivity index (χ3v) is 7.07. The molecule has 2 unspecified atom stereocenters. The first-order valence-electron chi connectivity index (χ1n) is 8.92. The highest BCUT2D eigenvalue weighted by atomic mass is 15.0. The van der Waals surface area contributed by atoms with Gasteiger partial charge in [0.05, 0.1) is 0 Å². The molecule has 19 heavy (non-hydrogen) atoms. The lowest BCUT2D eigenvalue weighted by atomic mass is 9.45. The Hall–Kier alpha value is -0.0400. The van der Waals surface area contributed by atoms with Crippen LogP contribution >= 0.6 is 0 Å². The Morgan fingerprint density at radius 2 is 1.58 bits per heavy atom. The number of hydrogen-bond acceptors (Lipinski definition) is 1. The van der Waals surface area contributed by atoms with Gasteiger partial charge in [0.2, 0.25) is 0 Å². The standard InChI is InChI=1S/C18H31N/c1-12(2)19-17-14-7-13-8-15(17)11-18(9-13,10-14)16-5-3-4-6-16/h12-17,19H,3-11H2,1-2H3. The summed E-state index contributed by atoms with van der Waals surface area (Å²) in [5.41, 5.74) is 0.808. The fraction of sp³-hybridized carbons (Fsp3) is 1.00. The molecule has 0 aromatic rings. The number of nitrogens with one attached hydrogen (secondary N) is 1. The minimum atomic E-state index is 0.671. The Bertz CT molecular complexity index is 326. The van der Waals surface area contributed by atoms with E-state index in [1.165, 1.54) is 12.8 Å².